The van der Waals surface area contributed by atoms with Crippen molar-refractivity contribution in [1.82, 2.24) is 9.03 Å². The summed E-state index contributed by atoms with van der Waals surface area (Å²) >= 11 is 0. The van der Waals surface area contributed by atoms with Crippen LogP contribution in [0.2, 0.25) is 0 Å². The van der Waals surface area contributed by atoms with Gasteiger partial charge >= 0.3 is 5.97 Å². The standard InChI is InChI=1S/C13H26N2O4S/c1-3-9-15(10-4-2)20(18,19)14-12-7-5-11(6-8-12)13(16)17/h11-12,14H,3-10H2,1-2H3,(H,16,17). The molecular formula is C13H26N2O4S. The molecule has 0 bridgehead atoms. The van der Waals surface area contributed by atoms with Crippen LogP contribution in [0, 0.1) is 5.92 Å². The molecule has 2 N–H and O–H groups in total. The summed E-state index contributed by atoms with van der Waals surface area (Å²) < 4.78 is 28.8. The minimum atomic E-state index is -3.45. The van der Waals surface area contributed by atoms with Crippen LogP contribution in [0.4, 0.5) is 0 Å². The van der Waals surface area contributed by atoms with E-state index in [1.165, 1.54) is 4.31 Å². The number of carboxylic acid groups (broad SMARTS) is 1. The van der Waals surface area contributed by atoms with Gasteiger partial charge in [-0.1, -0.05) is 13.8 Å². The summed E-state index contributed by atoms with van der Waals surface area (Å²) in [6.07, 6.45) is 3.86. The van der Waals surface area contributed by atoms with E-state index in [9.17, 15) is 13.2 Å². The number of hydrogen-bond donors (Lipinski definition) is 2. The number of aliphatic carboxylic acids is 1. The van der Waals surface area contributed by atoms with Crippen LogP contribution in [0.3, 0.4) is 0 Å². The van der Waals surface area contributed by atoms with Crippen molar-refractivity contribution < 1.29 is 18.3 Å². The first-order valence-corrected chi connectivity index (χ1v) is 8.84. The lowest BCUT2D eigenvalue weighted by atomic mass is 9.87. The zero-order valence-corrected chi connectivity index (χ0v) is 13.2. The van der Waals surface area contributed by atoms with Crippen LogP contribution in [0.5, 0.6) is 0 Å². The molecule has 1 aliphatic carbocycles. The van der Waals surface area contributed by atoms with Gasteiger partial charge in [0.1, 0.15) is 0 Å². The highest BCUT2D eigenvalue weighted by Crippen LogP contribution is 2.25. The fourth-order valence-corrected chi connectivity index (χ4v) is 4.25. The summed E-state index contributed by atoms with van der Waals surface area (Å²) in [6.45, 7) is 4.95. The summed E-state index contributed by atoms with van der Waals surface area (Å²) in [5.74, 6) is -1.09. The third-order valence-corrected chi connectivity index (χ3v) is 5.35. The fraction of sp³-hybridized carbons (Fsp3) is 0.923. The third-order valence-electron chi connectivity index (χ3n) is 3.68. The fourth-order valence-electron chi connectivity index (χ4n) is 2.59. The van der Waals surface area contributed by atoms with E-state index in [-0.39, 0.29) is 12.0 Å². The Hall–Kier alpha value is -0.660. The third kappa shape index (κ3) is 5.03. The first-order valence-electron chi connectivity index (χ1n) is 7.40. The molecule has 1 rings (SSSR count). The van der Waals surface area contributed by atoms with Crippen LogP contribution in [0.15, 0.2) is 0 Å². The average Bonchev–Trinajstić information content (AvgIpc) is 2.38. The van der Waals surface area contributed by atoms with Crippen molar-refractivity contribution in [1.29, 1.82) is 0 Å². The Morgan fingerprint density at radius 1 is 1.15 bits per heavy atom. The molecule has 118 valence electrons. The zero-order chi connectivity index (χ0) is 15.2. The van der Waals surface area contributed by atoms with Crippen LogP contribution in [-0.2, 0) is 15.0 Å². The molecule has 1 aliphatic rings. The van der Waals surface area contributed by atoms with Crippen LogP contribution >= 0.6 is 0 Å². The van der Waals surface area contributed by atoms with E-state index in [0.717, 1.165) is 12.8 Å². The first kappa shape index (κ1) is 17.4. The summed E-state index contributed by atoms with van der Waals surface area (Å²) in [7, 11) is -3.45. The normalized spacial score (nSPS) is 23.9. The van der Waals surface area contributed by atoms with E-state index in [4.69, 9.17) is 5.11 Å². The Bertz CT molecular complexity index is 397. The maximum Gasteiger partial charge on any atom is 0.306 e. The van der Waals surface area contributed by atoms with Crippen molar-refractivity contribution >= 4 is 16.2 Å². The Balaban J connectivity index is 2.56. The molecule has 0 aliphatic heterocycles. The van der Waals surface area contributed by atoms with Gasteiger partial charge in [0.25, 0.3) is 10.2 Å². The molecule has 0 radical (unpaired) electrons. The van der Waals surface area contributed by atoms with Gasteiger partial charge in [-0.05, 0) is 38.5 Å². The largest absolute Gasteiger partial charge is 0.481 e. The molecule has 0 amide bonds. The zero-order valence-electron chi connectivity index (χ0n) is 12.3. The van der Waals surface area contributed by atoms with Crippen molar-refractivity contribution in [3.05, 3.63) is 0 Å². The predicted octanol–water partition coefficient (Wildman–Crippen LogP) is 1.59. The molecule has 0 spiro atoms. The Labute approximate surface area is 121 Å². The maximum atomic E-state index is 12.3. The molecule has 0 aromatic rings. The van der Waals surface area contributed by atoms with Gasteiger partial charge in [-0.2, -0.15) is 17.4 Å². The lowest BCUT2D eigenvalue weighted by Gasteiger charge is -2.29. The number of hydrogen-bond acceptors (Lipinski definition) is 3. The molecule has 0 atom stereocenters. The molecule has 7 heteroatoms. The van der Waals surface area contributed by atoms with E-state index in [0.29, 0.717) is 38.8 Å². The van der Waals surface area contributed by atoms with Gasteiger partial charge in [-0.25, -0.2) is 0 Å². The molecule has 0 saturated heterocycles. The predicted molar refractivity (Wildman–Crippen MR) is 77.6 cm³/mol. The molecule has 1 saturated carbocycles. The highest BCUT2D eigenvalue weighted by molar-refractivity contribution is 7.87. The smallest absolute Gasteiger partial charge is 0.306 e. The number of rotatable bonds is 8. The van der Waals surface area contributed by atoms with Crippen LogP contribution < -0.4 is 4.72 Å². The lowest BCUT2D eigenvalue weighted by Crippen LogP contribution is -2.47. The second kappa shape index (κ2) is 7.95. The van der Waals surface area contributed by atoms with Crippen molar-refractivity contribution in [2.75, 3.05) is 13.1 Å². The van der Waals surface area contributed by atoms with Crippen LogP contribution in [-0.4, -0.2) is 42.9 Å². The molecule has 0 heterocycles. The summed E-state index contributed by atoms with van der Waals surface area (Å²) in [4.78, 5) is 10.9. The molecule has 0 unspecified atom stereocenters. The Kier molecular flexibility index (Phi) is 6.91. The second-order valence-electron chi connectivity index (χ2n) is 5.41. The summed E-state index contributed by atoms with van der Waals surface area (Å²) in [6, 6.07) is -0.133. The van der Waals surface area contributed by atoms with Crippen molar-refractivity contribution in [2.45, 2.75) is 58.4 Å². The molecule has 1 fully saturated rings. The second-order valence-corrected chi connectivity index (χ2v) is 7.11. The maximum absolute atomic E-state index is 12.3. The Morgan fingerprint density at radius 3 is 2.05 bits per heavy atom. The number of nitrogens with zero attached hydrogens (tertiary/aromatic N) is 1. The number of carboxylic acids is 1. The van der Waals surface area contributed by atoms with Gasteiger partial charge in [0.15, 0.2) is 0 Å². The summed E-state index contributed by atoms with van der Waals surface area (Å²) in [5, 5.41) is 8.94. The van der Waals surface area contributed by atoms with Gasteiger partial charge in [0.2, 0.25) is 0 Å². The van der Waals surface area contributed by atoms with Gasteiger partial charge in [0.05, 0.1) is 5.92 Å². The van der Waals surface area contributed by atoms with Crippen LogP contribution in [0.25, 0.3) is 0 Å². The van der Waals surface area contributed by atoms with Crippen LogP contribution in [0.1, 0.15) is 52.4 Å². The van der Waals surface area contributed by atoms with Gasteiger partial charge in [0, 0.05) is 19.1 Å². The molecule has 0 aromatic carbocycles. The van der Waals surface area contributed by atoms with Gasteiger partial charge < -0.3 is 5.11 Å². The summed E-state index contributed by atoms with van der Waals surface area (Å²) in [5.41, 5.74) is 0. The number of nitrogens with one attached hydrogen (secondary N) is 1. The van der Waals surface area contributed by atoms with E-state index >= 15 is 0 Å². The van der Waals surface area contributed by atoms with E-state index < -0.39 is 16.2 Å². The SMILES string of the molecule is CCCN(CCC)S(=O)(=O)NC1CCC(C(=O)O)CC1. The first-order chi connectivity index (χ1) is 9.40. The van der Waals surface area contributed by atoms with Gasteiger partial charge in [-0.15, -0.1) is 0 Å². The minimum absolute atomic E-state index is 0.133. The van der Waals surface area contributed by atoms with E-state index in [1.54, 1.807) is 0 Å². The highest BCUT2D eigenvalue weighted by Gasteiger charge is 2.30. The highest BCUT2D eigenvalue weighted by atomic mass is 32.2. The Morgan fingerprint density at radius 2 is 1.65 bits per heavy atom. The topological polar surface area (TPSA) is 86.7 Å². The minimum Gasteiger partial charge on any atom is -0.481 e. The van der Waals surface area contributed by atoms with E-state index in [2.05, 4.69) is 4.72 Å². The number of carbonyl (C=O) groups is 1. The lowest BCUT2D eigenvalue weighted by molar-refractivity contribution is -0.142. The van der Waals surface area contributed by atoms with Gasteiger partial charge in [-0.3, -0.25) is 4.79 Å². The van der Waals surface area contributed by atoms with Crippen molar-refractivity contribution in [2.24, 2.45) is 5.92 Å². The molecular weight excluding hydrogens is 280 g/mol. The van der Waals surface area contributed by atoms with Crippen molar-refractivity contribution in [3.63, 3.8) is 0 Å². The van der Waals surface area contributed by atoms with E-state index in [1.807, 2.05) is 13.8 Å². The monoisotopic (exact) mass is 306 g/mol. The van der Waals surface area contributed by atoms with Crippen molar-refractivity contribution in [3.8, 4) is 0 Å². The molecule has 0 aromatic heterocycles. The quantitative estimate of drug-likeness (QED) is 0.713. The average molecular weight is 306 g/mol. The molecule has 6 nitrogen and oxygen atoms in total. The molecule has 20 heavy (non-hydrogen) atoms.